The molecule has 2 rings (SSSR count). The van der Waals surface area contributed by atoms with Crippen molar-refractivity contribution in [3.8, 4) is 5.75 Å². The van der Waals surface area contributed by atoms with E-state index in [4.69, 9.17) is 19.2 Å². The van der Waals surface area contributed by atoms with Gasteiger partial charge in [0, 0.05) is 6.54 Å². The van der Waals surface area contributed by atoms with Crippen molar-refractivity contribution in [2.24, 2.45) is 0 Å². The highest BCUT2D eigenvalue weighted by atomic mass is 16.5. The molecule has 0 bridgehead atoms. The Morgan fingerprint density at radius 3 is 2.52 bits per heavy atom. The summed E-state index contributed by atoms with van der Waals surface area (Å²) in [5.74, 6) is 1.66. The van der Waals surface area contributed by atoms with Crippen molar-refractivity contribution in [1.82, 2.24) is 4.90 Å². The fourth-order valence-electron chi connectivity index (χ4n) is 2.00. The summed E-state index contributed by atoms with van der Waals surface area (Å²) in [6.45, 7) is 5.14. The van der Waals surface area contributed by atoms with Crippen LogP contribution in [0.25, 0.3) is 0 Å². The van der Waals surface area contributed by atoms with Gasteiger partial charge in [-0.3, -0.25) is 4.90 Å². The lowest BCUT2D eigenvalue weighted by Crippen LogP contribution is -2.29. The van der Waals surface area contributed by atoms with Crippen molar-refractivity contribution < 1.29 is 19.2 Å². The molecule has 0 radical (unpaired) electrons. The molecule has 0 unspecified atom stereocenters. The minimum Gasteiger partial charge on any atom is -0.492 e. The van der Waals surface area contributed by atoms with E-state index in [9.17, 15) is 0 Å². The fourth-order valence-corrected chi connectivity index (χ4v) is 2.00. The molecule has 1 aromatic carbocycles. The highest BCUT2D eigenvalue weighted by Gasteiger charge is 2.10. The molecule has 112 valence electrons. The standard InChI is InChI=1S/C15H20BNO4/c1-2-17(12-15-4-3-10-20-15)9-11-21-14-7-5-13(6-8-14)16(18)19/h3-8,10,18-19H,2,9,11-12H2,1H3. The number of nitrogens with zero attached hydrogens (tertiary/aromatic N) is 1. The Bertz CT molecular complexity index is 513. The van der Waals surface area contributed by atoms with Gasteiger partial charge in [-0.25, -0.2) is 0 Å². The minimum atomic E-state index is -1.44. The van der Waals surface area contributed by atoms with Gasteiger partial charge in [-0.2, -0.15) is 0 Å². The zero-order valence-electron chi connectivity index (χ0n) is 12.1. The van der Waals surface area contributed by atoms with Gasteiger partial charge in [0.2, 0.25) is 0 Å². The van der Waals surface area contributed by atoms with Crippen LogP contribution < -0.4 is 10.2 Å². The van der Waals surface area contributed by atoms with E-state index in [-0.39, 0.29) is 0 Å². The van der Waals surface area contributed by atoms with Crippen LogP contribution in [0.2, 0.25) is 0 Å². The van der Waals surface area contributed by atoms with E-state index in [1.807, 2.05) is 12.1 Å². The molecule has 0 fully saturated rings. The molecule has 21 heavy (non-hydrogen) atoms. The molecule has 0 aliphatic carbocycles. The fraction of sp³-hybridized carbons (Fsp3) is 0.333. The lowest BCUT2D eigenvalue weighted by molar-refractivity contribution is 0.199. The van der Waals surface area contributed by atoms with Gasteiger partial charge in [0.15, 0.2) is 0 Å². The van der Waals surface area contributed by atoms with Crippen LogP contribution in [0.1, 0.15) is 12.7 Å². The molecule has 0 saturated heterocycles. The summed E-state index contributed by atoms with van der Waals surface area (Å²) in [6, 6.07) is 10.6. The number of rotatable bonds is 8. The van der Waals surface area contributed by atoms with Crippen LogP contribution in [0.15, 0.2) is 47.1 Å². The van der Waals surface area contributed by atoms with Gasteiger partial charge in [0.25, 0.3) is 0 Å². The van der Waals surface area contributed by atoms with E-state index in [2.05, 4.69) is 11.8 Å². The third-order valence-electron chi connectivity index (χ3n) is 3.26. The summed E-state index contributed by atoms with van der Waals surface area (Å²) in [6.07, 6.45) is 1.68. The van der Waals surface area contributed by atoms with E-state index in [0.717, 1.165) is 25.4 Å². The van der Waals surface area contributed by atoms with Gasteiger partial charge in [0.05, 0.1) is 12.8 Å². The van der Waals surface area contributed by atoms with Gasteiger partial charge in [-0.15, -0.1) is 0 Å². The van der Waals surface area contributed by atoms with Crippen LogP contribution in [0.4, 0.5) is 0 Å². The predicted molar refractivity (Wildman–Crippen MR) is 81.4 cm³/mol. The van der Waals surface area contributed by atoms with Gasteiger partial charge < -0.3 is 19.2 Å². The van der Waals surface area contributed by atoms with Gasteiger partial charge >= 0.3 is 7.12 Å². The van der Waals surface area contributed by atoms with E-state index in [1.165, 1.54) is 0 Å². The van der Waals surface area contributed by atoms with Crippen molar-refractivity contribution in [2.45, 2.75) is 13.5 Å². The summed E-state index contributed by atoms with van der Waals surface area (Å²) in [5, 5.41) is 18.0. The lowest BCUT2D eigenvalue weighted by atomic mass is 9.80. The average molecular weight is 289 g/mol. The summed E-state index contributed by atoms with van der Waals surface area (Å²) in [4.78, 5) is 2.23. The van der Waals surface area contributed by atoms with Crippen LogP contribution in [0.5, 0.6) is 5.75 Å². The zero-order chi connectivity index (χ0) is 15.1. The monoisotopic (exact) mass is 289 g/mol. The highest BCUT2D eigenvalue weighted by Crippen LogP contribution is 2.09. The Hall–Kier alpha value is -1.76. The van der Waals surface area contributed by atoms with Gasteiger partial charge in [0.1, 0.15) is 18.1 Å². The first-order chi connectivity index (χ1) is 10.2. The Labute approximate surface area is 124 Å². The lowest BCUT2D eigenvalue weighted by Gasteiger charge is -2.19. The number of furan rings is 1. The number of benzene rings is 1. The summed E-state index contributed by atoms with van der Waals surface area (Å²) < 4.78 is 11.0. The predicted octanol–water partition coefficient (Wildman–Crippen LogP) is 0.860. The molecular formula is C15H20BNO4. The van der Waals surface area contributed by atoms with Crippen LogP contribution in [-0.4, -0.2) is 41.8 Å². The Morgan fingerprint density at radius 1 is 1.19 bits per heavy atom. The van der Waals surface area contributed by atoms with Crippen LogP contribution in [-0.2, 0) is 6.54 Å². The molecule has 0 aliphatic heterocycles. The third-order valence-corrected chi connectivity index (χ3v) is 3.26. The first kappa shape index (κ1) is 15.6. The maximum absolute atomic E-state index is 9.02. The first-order valence-electron chi connectivity index (χ1n) is 7.02. The molecule has 0 aliphatic rings. The van der Waals surface area contributed by atoms with E-state index in [0.29, 0.717) is 17.8 Å². The zero-order valence-corrected chi connectivity index (χ0v) is 12.1. The maximum atomic E-state index is 9.02. The van der Waals surface area contributed by atoms with E-state index in [1.54, 1.807) is 30.5 Å². The molecular weight excluding hydrogens is 269 g/mol. The third kappa shape index (κ3) is 4.93. The molecule has 0 atom stereocenters. The molecule has 2 N–H and O–H groups in total. The van der Waals surface area contributed by atoms with Crippen LogP contribution in [0, 0.1) is 0 Å². The van der Waals surface area contributed by atoms with E-state index >= 15 is 0 Å². The molecule has 1 heterocycles. The first-order valence-corrected chi connectivity index (χ1v) is 7.02. The Morgan fingerprint density at radius 2 is 1.95 bits per heavy atom. The van der Waals surface area contributed by atoms with Crippen molar-refractivity contribution in [3.05, 3.63) is 48.4 Å². The van der Waals surface area contributed by atoms with Crippen molar-refractivity contribution in [2.75, 3.05) is 19.7 Å². The smallest absolute Gasteiger partial charge is 0.488 e. The normalized spacial score (nSPS) is 10.9. The quantitative estimate of drug-likeness (QED) is 0.706. The topological polar surface area (TPSA) is 66.1 Å². The van der Waals surface area contributed by atoms with E-state index < -0.39 is 7.12 Å². The molecule has 1 aromatic heterocycles. The number of likely N-dealkylation sites (N-methyl/N-ethyl adjacent to an activating group) is 1. The van der Waals surface area contributed by atoms with Crippen molar-refractivity contribution in [1.29, 1.82) is 0 Å². The molecule has 0 amide bonds. The van der Waals surface area contributed by atoms with Gasteiger partial charge in [-0.05, 0) is 36.3 Å². The second kappa shape index (κ2) is 7.88. The second-order valence-electron chi connectivity index (χ2n) is 4.74. The summed E-state index contributed by atoms with van der Waals surface area (Å²) in [5.41, 5.74) is 0.454. The molecule has 0 saturated carbocycles. The number of hydrogen-bond donors (Lipinski definition) is 2. The molecule has 2 aromatic rings. The number of hydrogen-bond acceptors (Lipinski definition) is 5. The minimum absolute atomic E-state index is 0.454. The summed E-state index contributed by atoms with van der Waals surface area (Å²) >= 11 is 0. The van der Waals surface area contributed by atoms with Crippen LogP contribution in [0.3, 0.4) is 0 Å². The molecule has 0 spiro atoms. The summed E-state index contributed by atoms with van der Waals surface area (Å²) in [7, 11) is -1.44. The Balaban J connectivity index is 1.77. The van der Waals surface area contributed by atoms with Crippen molar-refractivity contribution in [3.63, 3.8) is 0 Å². The molecule has 5 nitrogen and oxygen atoms in total. The molecule has 6 heteroatoms. The SMILES string of the molecule is CCN(CCOc1ccc(B(O)O)cc1)Cc1ccco1. The Kier molecular flexibility index (Phi) is 5.86. The van der Waals surface area contributed by atoms with Crippen molar-refractivity contribution >= 4 is 12.6 Å². The average Bonchev–Trinajstić information content (AvgIpc) is 2.99. The maximum Gasteiger partial charge on any atom is 0.488 e. The largest absolute Gasteiger partial charge is 0.492 e. The second-order valence-corrected chi connectivity index (χ2v) is 4.74. The highest BCUT2D eigenvalue weighted by molar-refractivity contribution is 6.58. The van der Waals surface area contributed by atoms with Crippen LogP contribution >= 0.6 is 0 Å². The number of ether oxygens (including phenoxy) is 1. The van der Waals surface area contributed by atoms with Gasteiger partial charge in [-0.1, -0.05) is 19.1 Å².